The molecule has 720 valence electrons. The van der Waals surface area contributed by atoms with Crippen molar-refractivity contribution in [2.24, 2.45) is 28.2 Å². The van der Waals surface area contributed by atoms with Gasteiger partial charge >= 0.3 is 0 Å². The standard InChI is InChI=1S/C26H33ClN6O2.C26H33N5O3.C25H30ClN5O3.C24H27Cl2N5O2/c1-6-20-24(29-21-15-33(16-22(21)35-7-2)23-10-8-9-13-28-23)26(34)32(5)25(30-20)18-12-11-17(31(3)4)14-19(18)27;1-6-20-24(26(32)30(4)25(29-20)19-12-11-18(33-5)14-17(19)3)28-21-15-31(16-22(21)34-7-2)23-10-8-9-13-27-23;1-5-19-23(25(32)30(3)24(29-19)17-11-10-16(33-4)13-18(17)26)28-20-14-31(15-21(20)34-6-2)22-9-7-8-12-27-22;1-4-18-22(24(32)30(3)23(29-18)16-10-9-15(25)12-17(16)26)28-19-13-31(14-20(19)33-5-2)21-8-6-7-11-27-21/h8-14,21-22,29H,6-7,15-16H2,1-5H3;8-14,21-22,28H,6-7,15-16H2,1-5H3;7-13,20-21,28H,5-6,14-15H2,1-4H3;6-12,19-20,28H,4-5,13-14H2,1-3H3/t2*21?,22-;20?,21-;19?,20-/m0000/s1. The number of methoxy groups -OCH3 is 2. The van der Waals surface area contributed by atoms with Gasteiger partial charge in [0.1, 0.15) is 80.8 Å². The van der Waals surface area contributed by atoms with Crippen LogP contribution in [0.15, 0.2) is 190 Å². The third-order valence-electron chi connectivity index (χ3n) is 24.6. The van der Waals surface area contributed by atoms with Gasteiger partial charge in [-0.1, -0.05) is 98.4 Å². The molecule has 16 rings (SSSR count). The Morgan fingerprint density at radius 3 is 0.890 bits per heavy atom. The third kappa shape index (κ3) is 23.4. The van der Waals surface area contributed by atoms with Gasteiger partial charge in [0.15, 0.2) is 0 Å². The number of hydrogen-bond donors (Lipinski definition) is 4. The monoisotopic (exact) mass is 1930 g/mol. The van der Waals surface area contributed by atoms with Crippen molar-refractivity contribution in [1.82, 2.24) is 58.1 Å². The van der Waals surface area contributed by atoms with Crippen molar-refractivity contribution in [1.29, 1.82) is 0 Å². The minimum absolute atomic E-state index is 0.0599. The van der Waals surface area contributed by atoms with Crippen LogP contribution in [-0.4, -0.2) is 214 Å². The number of ether oxygens (including phenoxy) is 6. The molecule has 4 N–H and O–H groups in total. The van der Waals surface area contributed by atoms with E-state index in [4.69, 9.17) is 94.8 Å². The second kappa shape index (κ2) is 47.0. The minimum atomic E-state index is -0.158. The van der Waals surface area contributed by atoms with Crippen molar-refractivity contribution in [3.8, 4) is 57.1 Å². The van der Waals surface area contributed by atoms with Crippen LogP contribution in [0.25, 0.3) is 45.6 Å². The molecule has 4 unspecified atom stereocenters. The highest BCUT2D eigenvalue weighted by molar-refractivity contribution is 6.36. The zero-order valence-corrected chi connectivity index (χ0v) is 83.3. The molecule has 4 saturated heterocycles. The van der Waals surface area contributed by atoms with E-state index < -0.39 is 0 Å². The van der Waals surface area contributed by atoms with E-state index in [2.05, 4.69) is 60.8 Å². The van der Waals surface area contributed by atoms with E-state index in [9.17, 15) is 19.2 Å². The first-order valence-corrected chi connectivity index (χ1v) is 47.7. The van der Waals surface area contributed by atoms with Crippen LogP contribution in [0.4, 0.5) is 51.7 Å². The van der Waals surface area contributed by atoms with Gasteiger partial charge in [-0.05, 0) is 187 Å². The van der Waals surface area contributed by atoms with Crippen LogP contribution in [-0.2, 0) is 72.8 Å². The van der Waals surface area contributed by atoms with E-state index in [0.717, 1.165) is 57.1 Å². The van der Waals surface area contributed by atoms with Gasteiger partial charge in [0.05, 0.1) is 101 Å². The number of nitrogens with zero attached hydrogens (tertiary/aromatic N) is 17. The Bertz CT molecular complexity index is 6140. The van der Waals surface area contributed by atoms with Gasteiger partial charge in [0, 0.05) is 179 Å². The second-order valence-electron chi connectivity index (χ2n) is 33.5. The molecule has 0 spiro atoms. The SMILES string of the molecule is CCO[C@H]1CN(c2ccccn2)CC1Nc1c(CC)nc(-c2ccc(Cl)cc2Cl)n(C)c1=O.CCO[C@H]1CN(c2ccccn2)CC1Nc1c(CC)nc(-c2ccc(N(C)C)cc2Cl)n(C)c1=O.CCO[C@H]1CN(c2ccccn2)CC1Nc1c(CC)nc(-c2ccc(OC)cc2C)n(C)c1=O.CCO[C@H]1CN(c2ccccn2)CC1Nc1c(CC)nc(-c2ccc(OC)cc2Cl)n(C)c1=O. The van der Waals surface area contributed by atoms with E-state index in [1.54, 1.807) is 101 Å². The fourth-order valence-corrected chi connectivity index (χ4v) is 18.4. The molecule has 136 heavy (non-hydrogen) atoms. The molecular weight excluding hydrogens is 1810 g/mol. The van der Waals surface area contributed by atoms with E-state index in [-0.39, 0.29) is 70.8 Å². The van der Waals surface area contributed by atoms with Crippen molar-refractivity contribution in [3.63, 3.8) is 0 Å². The van der Waals surface area contributed by atoms with Crippen LogP contribution in [0, 0.1) is 6.92 Å². The maximum Gasteiger partial charge on any atom is 0.277 e. The second-order valence-corrected chi connectivity index (χ2v) is 35.1. The van der Waals surface area contributed by atoms with Gasteiger partial charge < -0.3 is 74.2 Å². The van der Waals surface area contributed by atoms with Crippen LogP contribution in [0.3, 0.4) is 0 Å². The predicted molar refractivity (Wildman–Crippen MR) is 546 cm³/mol. The summed E-state index contributed by atoms with van der Waals surface area (Å²) in [5, 5.41) is 15.9. The summed E-state index contributed by atoms with van der Waals surface area (Å²) >= 11 is 25.5. The maximum absolute atomic E-state index is 13.6. The predicted octanol–water partition coefficient (Wildman–Crippen LogP) is 15.4. The molecule has 0 bridgehead atoms. The lowest BCUT2D eigenvalue weighted by molar-refractivity contribution is 0.0718. The first kappa shape index (κ1) is 101. The largest absolute Gasteiger partial charge is 0.497 e. The molecule has 8 atom stereocenters. The Labute approximate surface area is 814 Å². The molecule has 4 aliphatic rings. The Kier molecular flexibility index (Phi) is 35.0. The zero-order valence-electron chi connectivity index (χ0n) is 80.3. The molecule has 4 fully saturated rings. The number of aryl methyl sites for hydroxylation is 5. The summed E-state index contributed by atoms with van der Waals surface area (Å²) in [6.07, 6.45) is 9.25. The number of anilines is 9. The molecule has 12 aromatic rings. The van der Waals surface area contributed by atoms with Gasteiger partial charge in [0.25, 0.3) is 22.2 Å². The topological polar surface area (TPSA) is 311 Å². The average molecular weight is 1930 g/mol. The van der Waals surface area contributed by atoms with E-state index in [1.807, 2.05) is 203 Å². The van der Waals surface area contributed by atoms with Crippen molar-refractivity contribution in [3.05, 3.63) is 260 Å². The molecule has 12 heterocycles. The van der Waals surface area contributed by atoms with Crippen LogP contribution >= 0.6 is 46.4 Å². The normalized spacial score (nSPS) is 17.8. The molecule has 4 aromatic carbocycles. The van der Waals surface area contributed by atoms with Crippen molar-refractivity contribution in [2.45, 2.75) is 137 Å². The van der Waals surface area contributed by atoms with Gasteiger partial charge in [-0.2, -0.15) is 0 Å². The zero-order chi connectivity index (χ0) is 97.1. The minimum Gasteiger partial charge on any atom is -0.497 e. The van der Waals surface area contributed by atoms with Gasteiger partial charge in [0.2, 0.25) is 0 Å². The molecule has 4 aliphatic heterocycles. The quantitative estimate of drug-likeness (QED) is 0.0314. The molecular formula is C101H123Cl4N21O10. The first-order valence-electron chi connectivity index (χ1n) is 46.2. The molecule has 8 aromatic heterocycles. The Morgan fingerprint density at radius 2 is 0.632 bits per heavy atom. The van der Waals surface area contributed by atoms with Crippen molar-refractivity contribution < 1.29 is 28.4 Å². The highest BCUT2D eigenvalue weighted by atomic mass is 35.5. The lowest BCUT2D eigenvalue weighted by atomic mass is 10.1. The highest BCUT2D eigenvalue weighted by Gasteiger charge is 2.41. The number of halogens is 4. The molecule has 31 nitrogen and oxygen atoms in total. The number of hydrogen-bond acceptors (Lipinski definition) is 27. The van der Waals surface area contributed by atoms with Crippen LogP contribution < -0.4 is 77.5 Å². The number of aromatic nitrogens is 12. The maximum atomic E-state index is 13.6. The van der Waals surface area contributed by atoms with Crippen molar-refractivity contribution in [2.75, 3.05) is 153 Å². The smallest absolute Gasteiger partial charge is 0.277 e. The fourth-order valence-electron chi connectivity index (χ4n) is 17.4. The van der Waals surface area contributed by atoms with Gasteiger partial charge in [-0.3, -0.25) is 37.4 Å². The van der Waals surface area contributed by atoms with Crippen LogP contribution in [0.1, 0.15) is 83.7 Å². The van der Waals surface area contributed by atoms with E-state index in [0.29, 0.717) is 205 Å². The molecule has 0 amide bonds. The van der Waals surface area contributed by atoms with Crippen LogP contribution in [0.5, 0.6) is 11.5 Å². The van der Waals surface area contributed by atoms with E-state index in [1.165, 1.54) is 9.13 Å². The van der Waals surface area contributed by atoms with Gasteiger partial charge in [-0.25, -0.2) is 39.9 Å². The number of nitrogens with one attached hydrogen (secondary N) is 4. The van der Waals surface area contributed by atoms with Crippen LogP contribution in [0.2, 0.25) is 20.1 Å². The summed E-state index contributed by atoms with van der Waals surface area (Å²) in [5.74, 6) is 7.23. The molecule has 0 aliphatic carbocycles. The lowest BCUT2D eigenvalue weighted by Crippen LogP contribution is -2.38. The summed E-state index contributed by atoms with van der Waals surface area (Å²) in [6, 6.07) is 45.2. The molecule has 0 radical (unpaired) electrons. The summed E-state index contributed by atoms with van der Waals surface area (Å²) in [5.41, 5.74) is 9.31. The Hall–Kier alpha value is -12.2. The summed E-state index contributed by atoms with van der Waals surface area (Å²) in [7, 11) is 14.1. The van der Waals surface area contributed by atoms with Gasteiger partial charge in [-0.15, -0.1) is 0 Å². The highest BCUT2D eigenvalue weighted by Crippen LogP contribution is 2.37. The lowest BCUT2D eigenvalue weighted by Gasteiger charge is -2.23. The Morgan fingerprint density at radius 1 is 0.353 bits per heavy atom. The van der Waals surface area contributed by atoms with E-state index >= 15 is 0 Å². The first-order chi connectivity index (χ1) is 65.7. The summed E-state index contributed by atoms with van der Waals surface area (Å²) in [4.78, 5) is 102. The third-order valence-corrected chi connectivity index (χ3v) is 25.7. The summed E-state index contributed by atoms with van der Waals surface area (Å²) in [6.45, 7) is 25.8. The number of benzene rings is 4. The Balaban J connectivity index is 0.000000153. The van der Waals surface area contributed by atoms with Crippen molar-refractivity contribution >= 4 is 98.1 Å². The average Bonchev–Trinajstić information content (AvgIpc) is 1.18. The number of rotatable bonds is 31. The number of pyridine rings is 4. The fraction of sp³-hybridized carbons (Fsp3) is 0.406. The summed E-state index contributed by atoms with van der Waals surface area (Å²) < 4.78 is 40.9. The molecule has 35 heteroatoms. The molecule has 0 saturated carbocycles.